The molecular formula is C16H20N2O. The molecule has 1 aliphatic rings. The second-order valence-electron chi connectivity index (χ2n) is 5.09. The molecule has 19 heavy (non-hydrogen) atoms. The molecule has 0 fully saturated rings. The summed E-state index contributed by atoms with van der Waals surface area (Å²) in [6.45, 7) is 2.57. The van der Waals surface area contributed by atoms with E-state index in [9.17, 15) is 0 Å². The molecule has 3 rings (SSSR count). The lowest BCUT2D eigenvalue weighted by Gasteiger charge is -2.05. The van der Waals surface area contributed by atoms with Crippen LogP contribution in [-0.2, 0) is 25.8 Å². The summed E-state index contributed by atoms with van der Waals surface area (Å²) in [7, 11) is 0. The monoisotopic (exact) mass is 256 g/mol. The van der Waals surface area contributed by atoms with Crippen molar-refractivity contribution in [3.63, 3.8) is 0 Å². The number of benzene rings is 1. The summed E-state index contributed by atoms with van der Waals surface area (Å²) in [4.78, 5) is 0. The van der Waals surface area contributed by atoms with Crippen LogP contribution < -0.4 is 10.5 Å². The van der Waals surface area contributed by atoms with E-state index in [0.717, 1.165) is 44.7 Å². The summed E-state index contributed by atoms with van der Waals surface area (Å²) < 4.78 is 7.77. The third-order valence-electron chi connectivity index (χ3n) is 3.66. The van der Waals surface area contributed by atoms with Crippen LogP contribution in [0.4, 0.5) is 0 Å². The predicted octanol–water partition coefficient (Wildman–Crippen LogP) is 2.17. The molecule has 1 aliphatic heterocycles. The van der Waals surface area contributed by atoms with Gasteiger partial charge in [0, 0.05) is 25.4 Å². The molecule has 0 saturated heterocycles. The van der Waals surface area contributed by atoms with Gasteiger partial charge in [0.2, 0.25) is 0 Å². The first kappa shape index (κ1) is 12.3. The highest BCUT2D eigenvalue weighted by atomic mass is 16.5. The van der Waals surface area contributed by atoms with Gasteiger partial charge in [0.1, 0.15) is 5.75 Å². The predicted molar refractivity (Wildman–Crippen MR) is 76.5 cm³/mol. The van der Waals surface area contributed by atoms with Gasteiger partial charge in [-0.3, -0.25) is 0 Å². The zero-order chi connectivity index (χ0) is 13.1. The van der Waals surface area contributed by atoms with Gasteiger partial charge < -0.3 is 15.0 Å². The first-order valence-corrected chi connectivity index (χ1v) is 6.94. The Morgan fingerprint density at radius 3 is 3.00 bits per heavy atom. The third-order valence-corrected chi connectivity index (χ3v) is 3.66. The molecule has 0 saturated carbocycles. The SMILES string of the molecule is NCCc1ccn(CCc2ccc3c(c2)CCO3)c1. The topological polar surface area (TPSA) is 40.2 Å². The van der Waals surface area contributed by atoms with Crippen molar-refractivity contribution in [3.8, 4) is 5.75 Å². The molecule has 1 aromatic heterocycles. The Balaban J connectivity index is 1.62. The van der Waals surface area contributed by atoms with Crippen LogP contribution in [0.3, 0.4) is 0 Å². The van der Waals surface area contributed by atoms with Gasteiger partial charge in [-0.1, -0.05) is 12.1 Å². The fourth-order valence-electron chi connectivity index (χ4n) is 2.60. The van der Waals surface area contributed by atoms with E-state index >= 15 is 0 Å². The van der Waals surface area contributed by atoms with E-state index in [1.807, 2.05) is 0 Å². The maximum atomic E-state index is 5.57. The van der Waals surface area contributed by atoms with Crippen LogP contribution in [0.15, 0.2) is 36.7 Å². The van der Waals surface area contributed by atoms with Crippen molar-refractivity contribution >= 4 is 0 Å². The van der Waals surface area contributed by atoms with Crippen LogP contribution in [0.2, 0.25) is 0 Å². The number of nitrogens with zero attached hydrogens (tertiary/aromatic N) is 1. The molecule has 0 aliphatic carbocycles. The molecule has 0 bridgehead atoms. The van der Waals surface area contributed by atoms with E-state index in [1.165, 1.54) is 16.7 Å². The van der Waals surface area contributed by atoms with Crippen molar-refractivity contribution in [2.45, 2.75) is 25.8 Å². The number of hydrogen-bond donors (Lipinski definition) is 1. The van der Waals surface area contributed by atoms with Crippen molar-refractivity contribution in [3.05, 3.63) is 53.3 Å². The second-order valence-corrected chi connectivity index (χ2v) is 5.09. The van der Waals surface area contributed by atoms with Crippen LogP contribution >= 0.6 is 0 Å². The summed E-state index contributed by atoms with van der Waals surface area (Å²) in [6.07, 6.45) is 7.41. The minimum atomic E-state index is 0.717. The van der Waals surface area contributed by atoms with Crippen LogP contribution in [0, 0.1) is 0 Å². The lowest BCUT2D eigenvalue weighted by Crippen LogP contribution is -2.02. The molecule has 2 heterocycles. The third kappa shape index (κ3) is 2.82. The Hall–Kier alpha value is -1.74. The van der Waals surface area contributed by atoms with Crippen molar-refractivity contribution in [2.24, 2.45) is 5.73 Å². The van der Waals surface area contributed by atoms with Gasteiger partial charge in [-0.25, -0.2) is 0 Å². The summed E-state index contributed by atoms with van der Waals surface area (Å²) in [6, 6.07) is 8.72. The average molecular weight is 256 g/mol. The average Bonchev–Trinajstić information content (AvgIpc) is 3.04. The smallest absolute Gasteiger partial charge is 0.122 e. The van der Waals surface area contributed by atoms with Gasteiger partial charge in [0.25, 0.3) is 0 Å². The van der Waals surface area contributed by atoms with Crippen LogP contribution in [0.1, 0.15) is 16.7 Å². The Morgan fingerprint density at radius 1 is 1.16 bits per heavy atom. The molecule has 0 atom stereocenters. The van der Waals surface area contributed by atoms with Crippen LogP contribution in [0.5, 0.6) is 5.75 Å². The summed E-state index contributed by atoms with van der Waals surface area (Å²) in [5.74, 6) is 1.06. The van der Waals surface area contributed by atoms with Crippen LogP contribution in [-0.4, -0.2) is 17.7 Å². The number of aromatic nitrogens is 1. The van der Waals surface area contributed by atoms with Gasteiger partial charge in [-0.15, -0.1) is 0 Å². The minimum absolute atomic E-state index is 0.717. The fourth-order valence-corrected chi connectivity index (χ4v) is 2.60. The summed E-state index contributed by atoms with van der Waals surface area (Å²) in [5, 5.41) is 0. The van der Waals surface area contributed by atoms with E-state index < -0.39 is 0 Å². The normalized spacial score (nSPS) is 13.3. The molecule has 2 aromatic rings. The highest BCUT2D eigenvalue weighted by Gasteiger charge is 2.11. The van der Waals surface area contributed by atoms with Crippen molar-refractivity contribution in [1.82, 2.24) is 4.57 Å². The molecule has 3 nitrogen and oxygen atoms in total. The Labute approximate surface area is 114 Å². The highest BCUT2D eigenvalue weighted by Crippen LogP contribution is 2.26. The largest absolute Gasteiger partial charge is 0.493 e. The summed E-state index contributed by atoms with van der Waals surface area (Å²) >= 11 is 0. The molecule has 0 unspecified atom stereocenters. The fraction of sp³-hybridized carbons (Fsp3) is 0.375. The number of rotatable bonds is 5. The number of nitrogens with two attached hydrogens (primary N) is 1. The molecule has 1 aromatic carbocycles. The van der Waals surface area contributed by atoms with E-state index in [0.29, 0.717) is 0 Å². The molecule has 0 radical (unpaired) electrons. The number of ether oxygens (including phenoxy) is 1. The Bertz CT molecular complexity index is 560. The van der Waals surface area contributed by atoms with Crippen molar-refractivity contribution in [1.29, 1.82) is 0 Å². The standard InChI is InChI=1S/C16H20N2O/c17-7-3-14-5-9-18(12-14)8-4-13-1-2-16-15(11-13)6-10-19-16/h1-2,5,9,11-12H,3-4,6-8,10,17H2. The number of aryl methyl sites for hydroxylation is 2. The van der Waals surface area contributed by atoms with E-state index in [-0.39, 0.29) is 0 Å². The van der Waals surface area contributed by atoms with E-state index in [2.05, 4.69) is 41.2 Å². The molecular weight excluding hydrogens is 236 g/mol. The maximum Gasteiger partial charge on any atom is 0.122 e. The Morgan fingerprint density at radius 2 is 2.11 bits per heavy atom. The first-order valence-electron chi connectivity index (χ1n) is 6.94. The van der Waals surface area contributed by atoms with Gasteiger partial charge in [0.15, 0.2) is 0 Å². The van der Waals surface area contributed by atoms with E-state index in [1.54, 1.807) is 0 Å². The van der Waals surface area contributed by atoms with Gasteiger partial charge in [-0.05, 0) is 48.2 Å². The molecule has 3 heteroatoms. The van der Waals surface area contributed by atoms with E-state index in [4.69, 9.17) is 10.5 Å². The molecule has 0 amide bonds. The van der Waals surface area contributed by atoms with Crippen LogP contribution in [0.25, 0.3) is 0 Å². The van der Waals surface area contributed by atoms with Gasteiger partial charge in [-0.2, -0.15) is 0 Å². The molecule has 2 N–H and O–H groups in total. The van der Waals surface area contributed by atoms with Crippen molar-refractivity contribution < 1.29 is 4.74 Å². The van der Waals surface area contributed by atoms with Gasteiger partial charge >= 0.3 is 0 Å². The quantitative estimate of drug-likeness (QED) is 0.890. The zero-order valence-corrected chi connectivity index (χ0v) is 11.1. The second kappa shape index (κ2) is 5.49. The van der Waals surface area contributed by atoms with Crippen molar-refractivity contribution in [2.75, 3.05) is 13.2 Å². The molecule has 0 spiro atoms. The summed E-state index contributed by atoms with van der Waals surface area (Å²) in [5.41, 5.74) is 9.63. The molecule has 100 valence electrons. The van der Waals surface area contributed by atoms with Gasteiger partial charge in [0.05, 0.1) is 6.61 Å². The zero-order valence-electron chi connectivity index (χ0n) is 11.1. The number of fused-ring (bicyclic) bond motifs is 1. The number of hydrogen-bond acceptors (Lipinski definition) is 2. The first-order chi connectivity index (χ1) is 9.35. The lowest BCUT2D eigenvalue weighted by molar-refractivity contribution is 0.357. The Kier molecular flexibility index (Phi) is 3.56. The highest BCUT2D eigenvalue weighted by molar-refractivity contribution is 5.39. The lowest BCUT2D eigenvalue weighted by atomic mass is 10.1. The minimum Gasteiger partial charge on any atom is -0.493 e. The maximum absolute atomic E-state index is 5.57.